The Hall–Kier alpha value is -1.41. The Labute approximate surface area is 115 Å². The molecule has 0 heterocycles. The Bertz CT molecular complexity index is 559. The number of carbonyl (C=O) groups is 1. The van der Waals surface area contributed by atoms with Crippen LogP contribution in [0.4, 0.5) is 0 Å². The van der Waals surface area contributed by atoms with Crippen LogP contribution in [0.25, 0.3) is 0 Å². The highest BCUT2D eigenvalue weighted by Crippen LogP contribution is 2.46. The van der Waals surface area contributed by atoms with Gasteiger partial charge in [-0.2, -0.15) is 0 Å². The third-order valence-electron chi connectivity index (χ3n) is 3.63. The fraction of sp³-hybridized carbons (Fsp3) is 0.188. The van der Waals surface area contributed by atoms with Crippen LogP contribution in [0.15, 0.2) is 59.1 Å². The third kappa shape index (κ3) is 2.01. The van der Waals surface area contributed by atoms with E-state index in [-0.39, 0.29) is 5.92 Å². The molecule has 0 aliphatic heterocycles. The van der Waals surface area contributed by atoms with Crippen LogP contribution in [-0.4, -0.2) is 5.78 Å². The molecule has 0 radical (unpaired) electrons. The van der Waals surface area contributed by atoms with Crippen molar-refractivity contribution < 1.29 is 4.79 Å². The van der Waals surface area contributed by atoms with Crippen molar-refractivity contribution in [2.24, 2.45) is 0 Å². The summed E-state index contributed by atoms with van der Waals surface area (Å²) in [5.41, 5.74) is 2.40. The van der Waals surface area contributed by atoms with Gasteiger partial charge < -0.3 is 0 Å². The third-order valence-corrected chi connectivity index (χ3v) is 4.16. The fourth-order valence-electron chi connectivity index (χ4n) is 2.62. The molecule has 1 saturated carbocycles. The predicted molar refractivity (Wildman–Crippen MR) is 75.7 cm³/mol. The van der Waals surface area contributed by atoms with Gasteiger partial charge in [-0.3, -0.25) is 4.79 Å². The molecular weight excluding hydrogens is 288 g/mol. The molecule has 2 heteroatoms. The van der Waals surface area contributed by atoms with Crippen LogP contribution in [0, 0.1) is 0 Å². The molecule has 0 aromatic heterocycles. The summed E-state index contributed by atoms with van der Waals surface area (Å²) in [6.45, 7) is 0. The first-order valence-electron chi connectivity index (χ1n) is 6.09. The van der Waals surface area contributed by atoms with Gasteiger partial charge in [0.25, 0.3) is 0 Å². The summed E-state index contributed by atoms with van der Waals surface area (Å²) in [7, 11) is 0. The highest BCUT2D eigenvalue weighted by molar-refractivity contribution is 9.10. The highest BCUT2D eigenvalue weighted by atomic mass is 79.9. The zero-order chi connectivity index (χ0) is 12.5. The van der Waals surface area contributed by atoms with Gasteiger partial charge in [-0.05, 0) is 23.3 Å². The van der Waals surface area contributed by atoms with Crippen molar-refractivity contribution in [1.82, 2.24) is 0 Å². The number of hydrogen-bond acceptors (Lipinski definition) is 1. The van der Waals surface area contributed by atoms with E-state index in [1.165, 1.54) is 5.56 Å². The maximum absolute atomic E-state index is 11.9. The largest absolute Gasteiger partial charge is 0.299 e. The van der Waals surface area contributed by atoms with Crippen molar-refractivity contribution >= 4 is 21.7 Å². The van der Waals surface area contributed by atoms with Crippen LogP contribution in [0.1, 0.15) is 29.4 Å². The molecule has 3 rings (SSSR count). The normalized spacial score (nSPS) is 22.6. The Morgan fingerprint density at radius 1 is 0.889 bits per heavy atom. The molecule has 0 N–H and O–H groups in total. The lowest BCUT2D eigenvalue weighted by molar-refractivity contribution is -0.127. The van der Waals surface area contributed by atoms with Crippen LogP contribution in [-0.2, 0) is 4.79 Å². The number of rotatable bonds is 2. The first kappa shape index (κ1) is 11.7. The van der Waals surface area contributed by atoms with Crippen molar-refractivity contribution in [2.45, 2.75) is 18.3 Å². The first-order chi connectivity index (χ1) is 8.75. The van der Waals surface area contributed by atoms with Gasteiger partial charge in [0.05, 0.1) is 0 Å². The molecule has 1 aliphatic rings. The molecule has 1 aliphatic carbocycles. The molecule has 90 valence electrons. The summed E-state index contributed by atoms with van der Waals surface area (Å²) in [4.78, 5) is 11.9. The number of hydrogen-bond donors (Lipinski definition) is 0. The Morgan fingerprint density at radius 2 is 1.56 bits per heavy atom. The van der Waals surface area contributed by atoms with Crippen molar-refractivity contribution in [1.29, 1.82) is 0 Å². The van der Waals surface area contributed by atoms with Gasteiger partial charge in [0, 0.05) is 22.7 Å². The van der Waals surface area contributed by atoms with Gasteiger partial charge in [-0.1, -0.05) is 58.4 Å². The number of halogens is 1. The van der Waals surface area contributed by atoms with E-state index in [0.29, 0.717) is 18.1 Å². The van der Waals surface area contributed by atoms with Gasteiger partial charge >= 0.3 is 0 Å². The van der Waals surface area contributed by atoms with Crippen LogP contribution in [0.5, 0.6) is 0 Å². The number of ketones is 1. The monoisotopic (exact) mass is 300 g/mol. The number of Topliss-reactive ketones (excluding diaryl/α,β-unsaturated/α-hetero) is 1. The fourth-order valence-corrected chi connectivity index (χ4v) is 2.89. The highest BCUT2D eigenvalue weighted by Gasteiger charge is 2.41. The van der Waals surface area contributed by atoms with Crippen molar-refractivity contribution in [3.8, 4) is 0 Å². The molecule has 2 aromatic carbocycles. The molecule has 1 unspecified atom stereocenters. The van der Waals surface area contributed by atoms with Crippen molar-refractivity contribution in [3.63, 3.8) is 0 Å². The molecule has 0 saturated heterocycles. The maximum Gasteiger partial charge on any atom is 0.141 e. The van der Waals surface area contributed by atoms with Crippen molar-refractivity contribution in [3.05, 3.63) is 70.2 Å². The summed E-state index contributed by atoms with van der Waals surface area (Å²) in [5, 5.41) is 0. The molecular formula is C16H13BrO. The summed E-state index contributed by atoms with van der Waals surface area (Å²) < 4.78 is 1.08. The minimum Gasteiger partial charge on any atom is -0.299 e. The topological polar surface area (TPSA) is 17.1 Å². The van der Waals surface area contributed by atoms with E-state index in [2.05, 4.69) is 28.1 Å². The lowest BCUT2D eigenvalue weighted by atomic mass is 9.66. The van der Waals surface area contributed by atoms with E-state index in [1.807, 2.05) is 42.5 Å². The van der Waals surface area contributed by atoms with E-state index in [4.69, 9.17) is 0 Å². The standard InChI is InChI=1S/C16H13BrO/c17-13-8-6-11(7-9-13)14-10-15(18)16(14)12-4-2-1-3-5-12/h1-9,14,16H,10H2/t14-,16?/m0/s1. The van der Waals surface area contributed by atoms with Crippen LogP contribution in [0.2, 0.25) is 0 Å². The Kier molecular flexibility index (Phi) is 3.04. The van der Waals surface area contributed by atoms with E-state index < -0.39 is 0 Å². The average Bonchev–Trinajstić information content (AvgIpc) is 2.38. The molecule has 1 nitrogen and oxygen atoms in total. The van der Waals surface area contributed by atoms with Crippen LogP contribution in [0.3, 0.4) is 0 Å². The molecule has 18 heavy (non-hydrogen) atoms. The molecule has 2 aromatic rings. The summed E-state index contributed by atoms with van der Waals surface area (Å²) in [5.74, 6) is 0.745. The van der Waals surface area contributed by atoms with Crippen molar-refractivity contribution in [2.75, 3.05) is 0 Å². The minimum absolute atomic E-state index is 0.0485. The molecule has 0 bridgehead atoms. The predicted octanol–water partition coefficient (Wildman–Crippen LogP) is 4.29. The molecule has 0 spiro atoms. The summed E-state index contributed by atoms with van der Waals surface area (Å²) in [6.07, 6.45) is 0.668. The van der Waals surface area contributed by atoms with Gasteiger partial charge in [0.2, 0.25) is 0 Å². The smallest absolute Gasteiger partial charge is 0.141 e. The number of carbonyl (C=O) groups excluding carboxylic acids is 1. The Balaban J connectivity index is 1.90. The Morgan fingerprint density at radius 3 is 2.17 bits per heavy atom. The SMILES string of the molecule is O=C1C[C@@H](c2ccc(Br)cc2)C1c1ccccc1. The lowest BCUT2D eigenvalue weighted by Gasteiger charge is -2.35. The van der Waals surface area contributed by atoms with Crippen LogP contribution < -0.4 is 0 Å². The zero-order valence-electron chi connectivity index (χ0n) is 9.84. The van der Waals surface area contributed by atoms with E-state index in [1.54, 1.807) is 0 Å². The second-order valence-corrected chi connectivity index (χ2v) is 5.63. The maximum atomic E-state index is 11.9. The molecule has 1 fully saturated rings. The zero-order valence-corrected chi connectivity index (χ0v) is 11.4. The van der Waals surface area contributed by atoms with Gasteiger partial charge in [-0.25, -0.2) is 0 Å². The van der Waals surface area contributed by atoms with Gasteiger partial charge in [0.15, 0.2) is 0 Å². The summed E-state index contributed by atoms with van der Waals surface area (Å²) >= 11 is 3.44. The van der Waals surface area contributed by atoms with Gasteiger partial charge in [-0.15, -0.1) is 0 Å². The number of benzene rings is 2. The van der Waals surface area contributed by atoms with E-state index in [9.17, 15) is 4.79 Å². The van der Waals surface area contributed by atoms with Gasteiger partial charge in [0.1, 0.15) is 5.78 Å². The first-order valence-corrected chi connectivity index (χ1v) is 6.88. The molecule has 2 atom stereocenters. The quantitative estimate of drug-likeness (QED) is 0.808. The second kappa shape index (κ2) is 4.69. The average molecular weight is 301 g/mol. The second-order valence-electron chi connectivity index (χ2n) is 4.72. The lowest BCUT2D eigenvalue weighted by Crippen LogP contribution is -2.33. The molecule has 0 amide bonds. The van der Waals surface area contributed by atoms with E-state index >= 15 is 0 Å². The van der Waals surface area contributed by atoms with Crippen LogP contribution >= 0.6 is 15.9 Å². The van der Waals surface area contributed by atoms with E-state index in [0.717, 1.165) is 10.0 Å². The minimum atomic E-state index is 0.0485. The summed E-state index contributed by atoms with van der Waals surface area (Å²) in [6, 6.07) is 18.4.